The van der Waals surface area contributed by atoms with Gasteiger partial charge in [-0.1, -0.05) is 44.5 Å². The van der Waals surface area contributed by atoms with E-state index >= 15 is 0 Å². The number of hydrogen-bond donors (Lipinski definition) is 2. The molecule has 0 saturated carbocycles. The van der Waals surface area contributed by atoms with E-state index in [1.54, 1.807) is 12.1 Å². The number of aromatic nitrogens is 2. The number of aryl methyl sites for hydroxylation is 1. The van der Waals surface area contributed by atoms with E-state index in [1.165, 1.54) is 0 Å². The summed E-state index contributed by atoms with van der Waals surface area (Å²) in [6.45, 7) is 5.84. The summed E-state index contributed by atoms with van der Waals surface area (Å²) in [6, 6.07) is 7.30. The first kappa shape index (κ1) is 20.8. The number of carbonyl (C=O) groups excluding carboxylic acids is 2. The van der Waals surface area contributed by atoms with Crippen LogP contribution < -0.4 is 10.6 Å². The van der Waals surface area contributed by atoms with Crippen LogP contribution in [0.25, 0.3) is 11.1 Å². The fraction of sp³-hybridized carbons (Fsp3) is 0.400. The quantitative estimate of drug-likeness (QED) is 0.677. The summed E-state index contributed by atoms with van der Waals surface area (Å²) < 4.78 is 0. The predicted molar refractivity (Wildman–Crippen MR) is 109 cm³/mol. The summed E-state index contributed by atoms with van der Waals surface area (Å²) in [5.41, 5.74) is 2.34. The average molecular weight is 389 g/mol. The standard InChI is InChI=1S/C20H25ClN4O2/c1-4-7-16(26)23-19-18(13-9-11-14(21)12-10-13)15(6-3)22-20(25-19)24-17(27)8-5-2/h9-12H,4-8H2,1-3H3,(H2,22,23,24,25,26,27). The van der Waals surface area contributed by atoms with E-state index in [4.69, 9.17) is 11.6 Å². The van der Waals surface area contributed by atoms with Crippen LogP contribution in [0.5, 0.6) is 0 Å². The fourth-order valence-electron chi connectivity index (χ4n) is 2.67. The maximum absolute atomic E-state index is 12.2. The highest BCUT2D eigenvalue weighted by Crippen LogP contribution is 2.32. The molecule has 7 heteroatoms. The Balaban J connectivity index is 2.52. The summed E-state index contributed by atoms with van der Waals surface area (Å²) >= 11 is 6.00. The van der Waals surface area contributed by atoms with E-state index in [0.717, 1.165) is 29.7 Å². The maximum atomic E-state index is 12.2. The number of nitrogens with one attached hydrogen (secondary N) is 2. The third-order valence-corrected chi connectivity index (χ3v) is 4.17. The van der Waals surface area contributed by atoms with Gasteiger partial charge in [0.1, 0.15) is 5.82 Å². The lowest BCUT2D eigenvalue weighted by molar-refractivity contribution is -0.117. The molecule has 6 nitrogen and oxygen atoms in total. The van der Waals surface area contributed by atoms with Crippen molar-refractivity contribution in [2.24, 2.45) is 0 Å². The first-order chi connectivity index (χ1) is 13.0. The molecule has 0 aliphatic heterocycles. The third kappa shape index (κ3) is 5.76. The van der Waals surface area contributed by atoms with Crippen molar-refractivity contribution in [1.82, 2.24) is 9.97 Å². The molecule has 2 rings (SSSR count). The lowest BCUT2D eigenvalue weighted by Crippen LogP contribution is -2.18. The molecule has 144 valence electrons. The lowest BCUT2D eigenvalue weighted by atomic mass is 10.0. The first-order valence-electron chi connectivity index (χ1n) is 9.25. The summed E-state index contributed by atoms with van der Waals surface area (Å²) in [5, 5.41) is 6.21. The smallest absolute Gasteiger partial charge is 0.231 e. The Morgan fingerprint density at radius 3 is 2.07 bits per heavy atom. The monoisotopic (exact) mass is 388 g/mol. The van der Waals surface area contributed by atoms with Crippen LogP contribution in [0, 0.1) is 0 Å². The van der Waals surface area contributed by atoms with Gasteiger partial charge in [-0.25, -0.2) is 4.98 Å². The van der Waals surface area contributed by atoms with Crippen LogP contribution >= 0.6 is 11.6 Å². The lowest BCUT2D eigenvalue weighted by Gasteiger charge is -2.16. The molecule has 1 aromatic heterocycles. The fourth-order valence-corrected chi connectivity index (χ4v) is 2.79. The Bertz CT molecular complexity index is 806. The van der Waals surface area contributed by atoms with Crippen molar-refractivity contribution in [3.8, 4) is 11.1 Å². The van der Waals surface area contributed by atoms with Crippen LogP contribution in [0.3, 0.4) is 0 Å². The van der Waals surface area contributed by atoms with Gasteiger partial charge in [0.25, 0.3) is 0 Å². The van der Waals surface area contributed by atoms with Gasteiger partial charge in [-0.15, -0.1) is 0 Å². The molecule has 0 fully saturated rings. The molecule has 2 aromatic rings. The van der Waals surface area contributed by atoms with Crippen LogP contribution in [-0.4, -0.2) is 21.8 Å². The number of rotatable bonds is 8. The summed E-state index contributed by atoms with van der Waals surface area (Å²) in [7, 11) is 0. The number of amides is 2. The van der Waals surface area contributed by atoms with Crippen LogP contribution in [0.4, 0.5) is 11.8 Å². The van der Waals surface area contributed by atoms with Crippen molar-refractivity contribution < 1.29 is 9.59 Å². The van der Waals surface area contributed by atoms with Crippen molar-refractivity contribution in [3.63, 3.8) is 0 Å². The minimum atomic E-state index is -0.148. The zero-order valence-corrected chi connectivity index (χ0v) is 16.7. The number of nitrogens with zero attached hydrogens (tertiary/aromatic N) is 2. The van der Waals surface area contributed by atoms with Crippen LogP contribution in [0.1, 0.15) is 52.1 Å². The molecule has 0 bridgehead atoms. The number of carbonyl (C=O) groups is 2. The number of hydrogen-bond acceptors (Lipinski definition) is 4. The van der Waals surface area contributed by atoms with Gasteiger partial charge >= 0.3 is 0 Å². The minimum Gasteiger partial charge on any atom is -0.310 e. The predicted octanol–water partition coefficient (Wildman–Crippen LogP) is 4.84. The van der Waals surface area contributed by atoms with E-state index in [0.29, 0.717) is 30.1 Å². The van der Waals surface area contributed by atoms with E-state index < -0.39 is 0 Å². The van der Waals surface area contributed by atoms with Crippen molar-refractivity contribution >= 4 is 35.2 Å². The minimum absolute atomic E-state index is 0.126. The maximum Gasteiger partial charge on any atom is 0.231 e. The SMILES string of the molecule is CCCC(=O)Nc1nc(CC)c(-c2ccc(Cl)cc2)c(NC(=O)CCC)n1. The molecule has 2 N–H and O–H groups in total. The number of anilines is 2. The second kappa shape index (κ2) is 10.0. The van der Waals surface area contributed by atoms with Gasteiger partial charge in [-0.3, -0.25) is 14.9 Å². The third-order valence-electron chi connectivity index (χ3n) is 3.91. The molecule has 0 saturated heterocycles. The number of halogens is 1. The molecule has 0 atom stereocenters. The Morgan fingerprint density at radius 2 is 1.52 bits per heavy atom. The van der Waals surface area contributed by atoms with E-state index in [1.807, 2.05) is 32.9 Å². The summed E-state index contributed by atoms with van der Waals surface area (Å²) in [4.78, 5) is 33.1. The van der Waals surface area contributed by atoms with Crippen LogP contribution in [-0.2, 0) is 16.0 Å². The van der Waals surface area contributed by atoms with Gasteiger partial charge in [-0.05, 0) is 37.0 Å². The largest absolute Gasteiger partial charge is 0.310 e. The molecule has 0 spiro atoms. The zero-order chi connectivity index (χ0) is 19.8. The zero-order valence-electron chi connectivity index (χ0n) is 15.9. The average Bonchev–Trinajstić information content (AvgIpc) is 2.62. The van der Waals surface area contributed by atoms with Gasteiger partial charge in [0, 0.05) is 23.4 Å². The van der Waals surface area contributed by atoms with Gasteiger partial charge in [0.15, 0.2) is 0 Å². The van der Waals surface area contributed by atoms with Crippen molar-refractivity contribution in [2.75, 3.05) is 10.6 Å². The highest BCUT2D eigenvalue weighted by molar-refractivity contribution is 6.30. The Kier molecular flexibility index (Phi) is 7.73. The van der Waals surface area contributed by atoms with Gasteiger partial charge < -0.3 is 5.32 Å². The molecule has 0 aliphatic carbocycles. The van der Waals surface area contributed by atoms with Crippen molar-refractivity contribution in [1.29, 1.82) is 0 Å². The van der Waals surface area contributed by atoms with E-state index in [2.05, 4.69) is 20.6 Å². The second-order valence-corrected chi connectivity index (χ2v) is 6.61. The topological polar surface area (TPSA) is 84.0 Å². The van der Waals surface area contributed by atoms with Gasteiger partial charge in [0.2, 0.25) is 17.8 Å². The van der Waals surface area contributed by atoms with Gasteiger partial charge in [-0.2, -0.15) is 4.98 Å². The molecule has 27 heavy (non-hydrogen) atoms. The molecule has 2 amide bonds. The Hall–Kier alpha value is -2.47. The van der Waals surface area contributed by atoms with E-state index in [9.17, 15) is 9.59 Å². The molecular formula is C20H25ClN4O2. The molecule has 0 radical (unpaired) electrons. The molecule has 0 unspecified atom stereocenters. The normalized spacial score (nSPS) is 10.5. The van der Waals surface area contributed by atoms with Crippen LogP contribution in [0.15, 0.2) is 24.3 Å². The Morgan fingerprint density at radius 1 is 0.926 bits per heavy atom. The summed E-state index contributed by atoms with van der Waals surface area (Å²) in [5.74, 6) is 0.327. The van der Waals surface area contributed by atoms with Gasteiger partial charge in [0.05, 0.1) is 5.69 Å². The van der Waals surface area contributed by atoms with Crippen molar-refractivity contribution in [3.05, 3.63) is 35.0 Å². The molecule has 1 aromatic carbocycles. The second-order valence-electron chi connectivity index (χ2n) is 6.17. The van der Waals surface area contributed by atoms with Crippen molar-refractivity contribution in [2.45, 2.75) is 52.9 Å². The molecular weight excluding hydrogens is 364 g/mol. The van der Waals surface area contributed by atoms with E-state index in [-0.39, 0.29) is 17.8 Å². The highest BCUT2D eigenvalue weighted by atomic mass is 35.5. The molecule has 1 heterocycles. The van der Waals surface area contributed by atoms with Crippen LogP contribution in [0.2, 0.25) is 5.02 Å². The number of benzene rings is 1. The highest BCUT2D eigenvalue weighted by Gasteiger charge is 2.18. The Labute approximate surface area is 164 Å². The molecule has 0 aliphatic rings. The first-order valence-corrected chi connectivity index (χ1v) is 9.62. The summed E-state index contributed by atoms with van der Waals surface area (Å²) in [6.07, 6.45) is 2.86.